The van der Waals surface area contributed by atoms with Gasteiger partial charge in [-0.2, -0.15) is 0 Å². The quantitative estimate of drug-likeness (QED) is 0.647. The Hall–Kier alpha value is -2.24. The normalized spacial score (nSPS) is 9.56. The lowest BCUT2D eigenvalue weighted by Gasteiger charge is -2.24. The largest absolute Gasteiger partial charge is 0.548 e. The Labute approximate surface area is 92.6 Å². The predicted molar refractivity (Wildman–Crippen MR) is 56.3 cm³/mol. The van der Waals surface area contributed by atoms with Crippen LogP contribution >= 0.6 is 0 Å². The van der Waals surface area contributed by atoms with Gasteiger partial charge < -0.3 is 15.6 Å². The third-order valence-electron chi connectivity index (χ3n) is 1.85. The molecule has 6 nitrogen and oxygen atoms in total. The molecule has 3 N–H and O–H groups in total. The van der Waals surface area contributed by atoms with Gasteiger partial charge in [0, 0.05) is 0 Å². The van der Waals surface area contributed by atoms with Crippen molar-refractivity contribution in [2.75, 3.05) is 11.6 Å². The number of carbonyl (C=O) groups excluding carboxylic acids is 2. The first-order chi connectivity index (χ1) is 7.49. The van der Waals surface area contributed by atoms with Crippen molar-refractivity contribution < 1.29 is 14.7 Å². The van der Waals surface area contributed by atoms with Crippen molar-refractivity contribution in [2.24, 2.45) is 5.73 Å². The van der Waals surface area contributed by atoms with Crippen molar-refractivity contribution >= 4 is 17.7 Å². The van der Waals surface area contributed by atoms with Gasteiger partial charge in [-0.25, -0.2) is 10.2 Å². The molecule has 0 bridgehead atoms. The summed E-state index contributed by atoms with van der Waals surface area (Å²) in [5.74, 6) is -1.31. The summed E-state index contributed by atoms with van der Waals surface area (Å²) in [5.41, 5.74) is 8.61. The average Bonchev–Trinajstić information content (AvgIpc) is 2.15. The number of hydrogen-bond acceptors (Lipinski definition) is 4. The Morgan fingerprint density at radius 3 is 2.69 bits per heavy atom. The van der Waals surface area contributed by atoms with Crippen LogP contribution in [0.5, 0.6) is 0 Å². The fraction of sp³-hybridized carbons (Fsp3) is 0.200. The van der Waals surface area contributed by atoms with E-state index in [0.717, 1.165) is 10.6 Å². The minimum absolute atomic E-state index is 0.466. The van der Waals surface area contributed by atoms with E-state index >= 15 is 0 Å². The van der Waals surface area contributed by atoms with Crippen molar-refractivity contribution in [3.05, 3.63) is 29.8 Å². The zero-order valence-electron chi connectivity index (χ0n) is 8.77. The number of aryl methyl sites for hydroxylation is 1. The monoisotopic (exact) mass is 222 g/mol. The molecule has 0 atom stereocenters. The summed E-state index contributed by atoms with van der Waals surface area (Å²) in [7, 11) is 0. The van der Waals surface area contributed by atoms with Gasteiger partial charge in [0.1, 0.15) is 0 Å². The van der Waals surface area contributed by atoms with Crippen LogP contribution < -0.4 is 21.3 Å². The van der Waals surface area contributed by atoms with Gasteiger partial charge in [-0.15, -0.1) is 0 Å². The van der Waals surface area contributed by atoms with E-state index in [0.29, 0.717) is 5.69 Å². The van der Waals surface area contributed by atoms with Gasteiger partial charge in [0.05, 0.1) is 18.2 Å². The number of carboxylic acid groups (broad SMARTS) is 1. The fourth-order valence-electron chi connectivity index (χ4n) is 1.25. The van der Waals surface area contributed by atoms with Crippen molar-refractivity contribution in [3.8, 4) is 0 Å². The van der Waals surface area contributed by atoms with Gasteiger partial charge in [-0.1, -0.05) is 12.1 Å². The van der Waals surface area contributed by atoms with Crippen molar-refractivity contribution in [2.45, 2.75) is 6.92 Å². The number of carboxylic acids is 1. The molecular formula is C10H12N3O3-. The first-order valence-electron chi connectivity index (χ1n) is 4.59. The van der Waals surface area contributed by atoms with Crippen LogP contribution in [0, 0.1) is 6.92 Å². The first-order valence-corrected chi connectivity index (χ1v) is 4.59. The highest BCUT2D eigenvalue weighted by atomic mass is 16.4. The zero-order chi connectivity index (χ0) is 12.1. The SMILES string of the molecule is Cc1cccc(N(CC(=O)[O-])NC(N)=O)c1. The van der Waals surface area contributed by atoms with E-state index < -0.39 is 18.5 Å². The number of anilines is 1. The molecular weight excluding hydrogens is 210 g/mol. The molecule has 1 rings (SSSR count). The van der Waals surface area contributed by atoms with Crippen molar-refractivity contribution in [1.29, 1.82) is 0 Å². The Balaban J connectivity index is 2.90. The van der Waals surface area contributed by atoms with Crippen LogP contribution in [0.4, 0.5) is 10.5 Å². The molecule has 0 aliphatic carbocycles. The molecule has 1 aromatic carbocycles. The smallest absolute Gasteiger partial charge is 0.330 e. The molecule has 6 heteroatoms. The highest BCUT2D eigenvalue weighted by Crippen LogP contribution is 2.13. The molecule has 0 unspecified atom stereocenters. The maximum Gasteiger partial charge on any atom is 0.330 e. The molecule has 0 saturated carbocycles. The Kier molecular flexibility index (Phi) is 3.71. The maximum absolute atomic E-state index is 10.7. The lowest BCUT2D eigenvalue weighted by Crippen LogP contribution is -2.50. The van der Waals surface area contributed by atoms with Crippen molar-refractivity contribution in [3.63, 3.8) is 0 Å². The van der Waals surface area contributed by atoms with Gasteiger partial charge in [0.25, 0.3) is 0 Å². The zero-order valence-corrected chi connectivity index (χ0v) is 8.77. The van der Waals surface area contributed by atoms with Crippen LogP contribution in [0.3, 0.4) is 0 Å². The minimum Gasteiger partial charge on any atom is -0.548 e. The summed E-state index contributed by atoms with van der Waals surface area (Å²) in [6.07, 6.45) is 0. The molecule has 0 fully saturated rings. The van der Waals surface area contributed by atoms with Crippen LogP contribution in [-0.4, -0.2) is 18.5 Å². The number of rotatable bonds is 4. The molecule has 1 aromatic rings. The summed E-state index contributed by atoms with van der Waals surface area (Å²) in [5, 5.41) is 11.6. The van der Waals surface area contributed by atoms with Gasteiger partial charge in [0.2, 0.25) is 0 Å². The number of nitrogens with two attached hydrogens (primary N) is 1. The number of benzene rings is 1. The number of primary amides is 1. The Morgan fingerprint density at radius 2 is 2.19 bits per heavy atom. The Morgan fingerprint density at radius 1 is 1.50 bits per heavy atom. The molecule has 2 amide bonds. The van der Waals surface area contributed by atoms with E-state index in [1.807, 2.05) is 13.0 Å². The van der Waals surface area contributed by atoms with Gasteiger partial charge in [-0.05, 0) is 24.6 Å². The summed E-state index contributed by atoms with van der Waals surface area (Å²) >= 11 is 0. The van der Waals surface area contributed by atoms with Gasteiger partial charge in [0.15, 0.2) is 0 Å². The maximum atomic E-state index is 10.7. The van der Waals surface area contributed by atoms with Gasteiger partial charge >= 0.3 is 6.03 Å². The lowest BCUT2D eigenvalue weighted by molar-refractivity contribution is -0.303. The standard InChI is InChI=1S/C10H13N3O3/c1-7-3-2-4-8(5-7)13(6-9(14)15)12-10(11)16/h2-5H,6H2,1H3,(H,14,15)(H3,11,12,16)/p-1. The van der Waals surface area contributed by atoms with Gasteiger partial charge in [-0.3, -0.25) is 5.01 Å². The number of urea groups is 1. The number of nitrogens with zero attached hydrogens (tertiary/aromatic N) is 1. The number of carbonyl (C=O) groups is 2. The predicted octanol–water partition coefficient (Wildman–Crippen LogP) is -0.865. The second kappa shape index (κ2) is 5.01. The third kappa shape index (κ3) is 3.49. The number of nitrogens with one attached hydrogen (secondary N) is 1. The third-order valence-corrected chi connectivity index (χ3v) is 1.85. The molecule has 86 valence electrons. The minimum atomic E-state index is -1.31. The van der Waals surface area contributed by atoms with E-state index in [1.54, 1.807) is 18.2 Å². The van der Waals surface area contributed by atoms with E-state index in [9.17, 15) is 14.7 Å². The van der Waals surface area contributed by atoms with Crippen LogP contribution in [0.25, 0.3) is 0 Å². The lowest BCUT2D eigenvalue weighted by atomic mass is 10.2. The number of hydrazine groups is 1. The van der Waals surface area contributed by atoms with E-state index in [4.69, 9.17) is 5.73 Å². The molecule has 0 spiro atoms. The Bertz CT molecular complexity index is 390. The fourth-order valence-corrected chi connectivity index (χ4v) is 1.25. The summed E-state index contributed by atoms with van der Waals surface area (Å²) in [6.45, 7) is 1.39. The second-order valence-electron chi connectivity index (χ2n) is 3.27. The van der Waals surface area contributed by atoms with Crippen molar-refractivity contribution in [1.82, 2.24) is 5.43 Å². The highest BCUT2D eigenvalue weighted by molar-refractivity contribution is 5.77. The summed E-state index contributed by atoms with van der Waals surface area (Å²) in [4.78, 5) is 21.2. The number of hydrogen-bond donors (Lipinski definition) is 2. The second-order valence-corrected chi connectivity index (χ2v) is 3.27. The molecule has 0 aliphatic rings. The molecule has 0 aliphatic heterocycles. The molecule has 0 saturated heterocycles. The summed E-state index contributed by atoms with van der Waals surface area (Å²) < 4.78 is 0. The number of aliphatic carboxylic acids is 1. The van der Waals surface area contributed by atoms with Crippen LogP contribution in [-0.2, 0) is 4.79 Å². The van der Waals surface area contributed by atoms with E-state index in [2.05, 4.69) is 5.43 Å². The van der Waals surface area contributed by atoms with E-state index in [-0.39, 0.29) is 0 Å². The topological polar surface area (TPSA) is 98.5 Å². The molecule has 0 aromatic heterocycles. The number of amides is 2. The molecule has 0 heterocycles. The molecule has 16 heavy (non-hydrogen) atoms. The summed E-state index contributed by atoms with van der Waals surface area (Å²) in [6, 6.07) is 6.15. The highest BCUT2D eigenvalue weighted by Gasteiger charge is 2.08. The van der Waals surface area contributed by atoms with Crippen LogP contribution in [0.2, 0.25) is 0 Å². The molecule has 0 radical (unpaired) electrons. The van der Waals surface area contributed by atoms with Crippen LogP contribution in [0.1, 0.15) is 5.56 Å². The van der Waals surface area contributed by atoms with Crippen LogP contribution in [0.15, 0.2) is 24.3 Å². The average molecular weight is 222 g/mol. The van der Waals surface area contributed by atoms with E-state index in [1.165, 1.54) is 0 Å². The first kappa shape index (κ1) is 11.8.